The van der Waals surface area contributed by atoms with Crippen LogP contribution in [0.3, 0.4) is 0 Å². The zero-order valence-electron chi connectivity index (χ0n) is 15.3. The number of halogens is 1. The van der Waals surface area contributed by atoms with E-state index in [1.54, 1.807) is 37.0 Å². The second-order valence-corrected chi connectivity index (χ2v) is 8.39. The standard InChI is InChI=1S/C17H22FN5O3S/c1-11-14(10-22(2)20-11)15-8-16(23(3)27(25,26)21-15)17(24)19-9-12-4-6-13(18)7-5-12/h4-7,10,15-16,21H,8-9H2,1-3H3,(H,19,24)/t15-,16+/m0/s1. The molecule has 0 spiro atoms. The van der Waals surface area contributed by atoms with Gasteiger partial charge in [0.2, 0.25) is 5.91 Å². The van der Waals surface area contributed by atoms with Gasteiger partial charge in [-0.25, -0.2) is 4.39 Å². The van der Waals surface area contributed by atoms with Crippen molar-refractivity contribution in [2.24, 2.45) is 7.05 Å². The third kappa shape index (κ3) is 4.18. The number of amides is 1. The summed E-state index contributed by atoms with van der Waals surface area (Å²) >= 11 is 0. The minimum Gasteiger partial charge on any atom is -0.351 e. The molecule has 2 aromatic rings. The van der Waals surface area contributed by atoms with E-state index in [0.29, 0.717) is 5.69 Å². The molecule has 0 unspecified atom stereocenters. The van der Waals surface area contributed by atoms with Crippen LogP contribution < -0.4 is 10.0 Å². The highest BCUT2D eigenvalue weighted by Crippen LogP contribution is 2.29. The minimum absolute atomic E-state index is 0.188. The molecule has 3 rings (SSSR count). The van der Waals surface area contributed by atoms with Crippen molar-refractivity contribution in [2.45, 2.75) is 32.0 Å². The second-order valence-electron chi connectivity index (χ2n) is 6.63. The Labute approximate surface area is 157 Å². The topological polar surface area (TPSA) is 96.3 Å². The second kappa shape index (κ2) is 7.37. The van der Waals surface area contributed by atoms with Crippen LogP contribution in [0.25, 0.3) is 0 Å². The van der Waals surface area contributed by atoms with Gasteiger partial charge in [-0.3, -0.25) is 9.48 Å². The van der Waals surface area contributed by atoms with Gasteiger partial charge >= 0.3 is 0 Å². The van der Waals surface area contributed by atoms with Crippen LogP contribution >= 0.6 is 0 Å². The van der Waals surface area contributed by atoms with Crippen molar-refractivity contribution in [1.82, 2.24) is 24.1 Å². The first-order valence-corrected chi connectivity index (χ1v) is 9.89. The molecule has 0 saturated carbocycles. The summed E-state index contributed by atoms with van der Waals surface area (Å²) < 4.78 is 43.2. The van der Waals surface area contributed by atoms with Gasteiger partial charge < -0.3 is 5.32 Å². The van der Waals surface area contributed by atoms with Crippen molar-refractivity contribution in [1.29, 1.82) is 0 Å². The van der Waals surface area contributed by atoms with Gasteiger partial charge in [-0.2, -0.15) is 22.5 Å². The van der Waals surface area contributed by atoms with Crippen LogP contribution in [-0.2, 0) is 28.6 Å². The Morgan fingerprint density at radius 1 is 1.33 bits per heavy atom. The Kier molecular flexibility index (Phi) is 5.31. The number of likely N-dealkylation sites (N-methyl/N-ethyl adjacent to an activating group) is 1. The summed E-state index contributed by atoms with van der Waals surface area (Å²) in [5.41, 5.74) is 2.18. The van der Waals surface area contributed by atoms with E-state index >= 15 is 0 Å². The van der Waals surface area contributed by atoms with E-state index in [-0.39, 0.29) is 18.8 Å². The van der Waals surface area contributed by atoms with Crippen LogP contribution in [0.15, 0.2) is 30.5 Å². The number of hydrogen-bond acceptors (Lipinski definition) is 4. The molecule has 0 radical (unpaired) electrons. The first-order chi connectivity index (χ1) is 12.7. The summed E-state index contributed by atoms with van der Waals surface area (Å²) in [6, 6.07) is 4.36. The molecule has 2 heterocycles. The van der Waals surface area contributed by atoms with Gasteiger partial charge in [0, 0.05) is 32.4 Å². The van der Waals surface area contributed by atoms with E-state index in [2.05, 4.69) is 15.1 Å². The maximum atomic E-state index is 13.0. The normalized spacial score (nSPS) is 22.5. The zero-order chi connectivity index (χ0) is 19.8. The van der Waals surface area contributed by atoms with Crippen molar-refractivity contribution in [3.05, 3.63) is 53.1 Å². The summed E-state index contributed by atoms with van der Waals surface area (Å²) in [4.78, 5) is 12.7. The van der Waals surface area contributed by atoms with Gasteiger partial charge in [0.15, 0.2) is 0 Å². The first-order valence-electron chi connectivity index (χ1n) is 8.45. The quantitative estimate of drug-likeness (QED) is 0.799. The van der Waals surface area contributed by atoms with Gasteiger partial charge in [0.25, 0.3) is 10.2 Å². The molecule has 1 fully saturated rings. The molecule has 2 atom stereocenters. The van der Waals surface area contributed by atoms with E-state index in [1.165, 1.54) is 19.2 Å². The number of aryl methyl sites for hydroxylation is 2. The zero-order valence-corrected chi connectivity index (χ0v) is 16.1. The summed E-state index contributed by atoms with van der Waals surface area (Å²) in [5, 5.41) is 6.98. The molecular weight excluding hydrogens is 373 g/mol. The van der Waals surface area contributed by atoms with Crippen molar-refractivity contribution < 1.29 is 17.6 Å². The SMILES string of the molecule is Cc1nn(C)cc1[C@@H]1C[C@H](C(=O)NCc2ccc(F)cc2)N(C)S(=O)(=O)N1. The Balaban J connectivity index is 1.76. The molecule has 1 aromatic heterocycles. The lowest BCUT2D eigenvalue weighted by Crippen LogP contribution is -2.57. The summed E-state index contributed by atoms with van der Waals surface area (Å²) in [6.45, 7) is 1.99. The fraction of sp³-hybridized carbons (Fsp3) is 0.412. The van der Waals surface area contributed by atoms with Crippen molar-refractivity contribution in [2.75, 3.05) is 7.05 Å². The molecule has 2 N–H and O–H groups in total. The van der Waals surface area contributed by atoms with Crippen LogP contribution in [-0.4, -0.2) is 41.5 Å². The lowest BCUT2D eigenvalue weighted by Gasteiger charge is -2.36. The van der Waals surface area contributed by atoms with Gasteiger partial charge in [-0.15, -0.1) is 0 Å². The third-order valence-electron chi connectivity index (χ3n) is 4.68. The van der Waals surface area contributed by atoms with Gasteiger partial charge in [0.05, 0.1) is 11.7 Å². The summed E-state index contributed by atoms with van der Waals surface area (Å²) in [6.07, 6.45) is 2.03. The number of nitrogens with one attached hydrogen (secondary N) is 2. The largest absolute Gasteiger partial charge is 0.351 e. The monoisotopic (exact) mass is 395 g/mol. The predicted molar refractivity (Wildman–Crippen MR) is 97.2 cm³/mol. The molecule has 1 amide bonds. The summed E-state index contributed by atoms with van der Waals surface area (Å²) in [7, 11) is -0.685. The smallest absolute Gasteiger partial charge is 0.280 e. The first kappa shape index (κ1) is 19.5. The van der Waals surface area contributed by atoms with Crippen LogP contribution in [0.4, 0.5) is 4.39 Å². The lowest BCUT2D eigenvalue weighted by atomic mass is 10.00. The number of carbonyl (C=O) groups is 1. The summed E-state index contributed by atoms with van der Waals surface area (Å²) in [5.74, 6) is -0.762. The number of carbonyl (C=O) groups excluding carboxylic acids is 1. The van der Waals surface area contributed by atoms with Crippen molar-refractivity contribution >= 4 is 16.1 Å². The molecule has 27 heavy (non-hydrogen) atoms. The van der Waals surface area contributed by atoms with Crippen LogP contribution in [0.1, 0.15) is 29.3 Å². The molecule has 1 saturated heterocycles. The van der Waals surface area contributed by atoms with Gasteiger partial charge in [0.1, 0.15) is 11.9 Å². The van der Waals surface area contributed by atoms with Crippen LogP contribution in [0, 0.1) is 12.7 Å². The minimum atomic E-state index is -3.81. The number of hydrogen-bond donors (Lipinski definition) is 2. The molecule has 0 bridgehead atoms. The van der Waals surface area contributed by atoms with Gasteiger partial charge in [-0.05, 0) is 31.0 Å². The third-order valence-corrected chi connectivity index (χ3v) is 6.27. The number of nitrogens with zero attached hydrogens (tertiary/aromatic N) is 3. The van der Waals surface area contributed by atoms with E-state index in [1.807, 2.05) is 0 Å². The number of rotatable bonds is 4. The highest BCUT2D eigenvalue weighted by molar-refractivity contribution is 7.87. The van der Waals surface area contributed by atoms with Crippen LogP contribution in [0.2, 0.25) is 0 Å². The van der Waals surface area contributed by atoms with Gasteiger partial charge in [-0.1, -0.05) is 12.1 Å². The highest BCUT2D eigenvalue weighted by Gasteiger charge is 2.41. The molecular formula is C17H22FN5O3S. The molecule has 10 heteroatoms. The molecule has 8 nitrogen and oxygen atoms in total. The highest BCUT2D eigenvalue weighted by atomic mass is 32.2. The maximum absolute atomic E-state index is 13.0. The Morgan fingerprint density at radius 3 is 2.59 bits per heavy atom. The Morgan fingerprint density at radius 2 is 2.00 bits per heavy atom. The molecule has 1 aliphatic heterocycles. The van der Waals surface area contributed by atoms with Crippen molar-refractivity contribution in [3.63, 3.8) is 0 Å². The molecule has 1 aromatic carbocycles. The predicted octanol–water partition coefficient (Wildman–Crippen LogP) is 0.764. The molecule has 146 valence electrons. The van der Waals surface area contributed by atoms with Crippen molar-refractivity contribution in [3.8, 4) is 0 Å². The fourth-order valence-electron chi connectivity index (χ4n) is 3.18. The Bertz CT molecular complexity index is 942. The van der Waals surface area contributed by atoms with Crippen LogP contribution in [0.5, 0.6) is 0 Å². The average Bonchev–Trinajstić information content (AvgIpc) is 2.94. The van der Waals surface area contributed by atoms with E-state index in [0.717, 1.165) is 15.4 Å². The van der Waals surface area contributed by atoms with E-state index < -0.39 is 28.2 Å². The maximum Gasteiger partial charge on any atom is 0.280 e. The van der Waals surface area contributed by atoms with E-state index in [9.17, 15) is 17.6 Å². The molecule has 0 aliphatic carbocycles. The van der Waals surface area contributed by atoms with E-state index in [4.69, 9.17) is 0 Å². The lowest BCUT2D eigenvalue weighted by molar-refractivity contribution is -0.125. The Hall–Kier alpha value is -2.30. The number of benzene rings is 1. The fourth-order valence-corrected chi connectivity index (χ4v) is 4.45. The number of aromatic nitrogens is 2. The average molecular weight is 395 g/mol. The molecule has 1 aliphatic rings.